The van der Waals surface area contributed by atoms with E-state index in [0.29, 0.717) is 13.0 Å². The first-order valence-corrected chi connectivity index (χ1v) is 6.87. The van der Waals surface area contributed by atoms with Crippen molar-refractivity contribution in [3.63, 3.8) is 0 Å². The van der Waals surface area contributed by atoms with Gasteiger partial charge in [-0.25, -0.2) is 0 Å². The molecule has 3 nitrogen and oxygen atoms in total. The monoisotopic (exact) mass is 268 g/mol. The number of carbonyl (C=O) groups is 1. The molecule has 20 heavy (non-hydrogen) atoms. The standard InChI is InChI=1S/C17H20N2O/c1-4-17(20)19(12-15-6-5-7-18-11-15)16-9-13(2)8-14(3)10-16/h5-11H,4,12H2,1-3H3. The van der Waals surface area contributed by atoms with Gasteiger partial charge in [-0.2, -0.15) is 0 Å². The van der Waals surface area contributed by atoms with Gasteiger partial charge in [-0.15, -0.1) is 0 Å². The van der Waals surface area contributed by atoms with E-state index < -0.39 is 0 Å². The molecule has 0 aliphatic carbocycles. The van der Waals surface area contributed by atoms with Gasteiger partial charge < -0.3 is 4.90 Å². The van der Waals surface area contributed by atoms with Crippen molar-refractivity contribution in [1.29, 1.82) is 0 Å². The molecule has 1 heterocycles. The highest BCUT2D eigenvalue weighted by Gasteiger charge is 2.15. The van der Waals surface area contributed by atoms with Crippen LogP contribution in [0.1, 0.15) is 30.0 Å². The number of benzene rings is 1. The van der Waals surface area contributed by atoms with Crippen molar-refractivity contribution >= 4 is 11.6 Å². The van der Waals surface area contributed by atoms with Crippen LogP contribution in [0.15, 0.2) is 42.7 Å². The fourth-order valence-electron chi connectivity index (χ4n) is 2.30. The van der Waals surface area contributed by atoms with E-state index in [1.54, 1.807) is 12.4 Å². The van der Waals surface area contributed by atoms with Crippen LogP contribution in [0.5, 0.6) is 0 Å². The lowest BCUT2D eigenvalue weighted by atomic mass is 10.1. The summed E-state index contributed by atoms with van der Waals surface area (Å²) in [6, 6.07) is 10.1. The number of carbonyl (C=O) groups excluding carboxylic acids is 1. The quantitative estimate of drug-likeness (QED) is 0.848. The SMILES string of the molecule is CCC(=O)N(Cc1cccnc1)c1cc(C)cc(C)c1. The molecular weight excluding hydrogens is 248 g/mol. The average Bonchev–Trinajstić information content (AvgIpc) is 2.44. The molecule has 2 aromatic rings. The molecule has 0 N–H and O–H groups in total. The molecule has 1 aromatic carbocycles. The predicted molar refractivity (Wildman–Crippen MR) is 81.6 cm³/mol. The summed E-state index contributed by atoms with van der Waals surface area (Å²) in [5.41, 5.74) is 4.33. The number of hydrogen-bond acceptors (Lipinski definition) is 2. The van der Waals surface area contributed by atoms with Crippen LogP contribution in [0, 0.1) is 13.8 Å². The number of rotatable bonds is 4. The Balaban J connectivity index is 2.34. The Kier molecular flexibility index (Phi) is 4.51. The number of aromatic nitrogens is 1. The van der Waals surface area contributed by atoms with Gasteiger partial charge in [-0.3, -0.25) is 9.78 Å². The molecule has 2 rings (SSSR count). The van der Waals surface area contributed by atoms with Crippen LogP contribution in [0.4, 0.5) is 5.69 Å². The van der Waals surface area contributed by atoms with Crippen LogP contribution >= 0.6 is 0 Å². The Morgan fingerprint density at radius 2 is 1.90 bits per heavy atom. The molecule has 1 aromatic heterocycles. The third-order valence-corrected chi connectivity index (χ3v) is 3.19. The van der Waals surface area contributed by atoms with Crippen molar-refractivity contribution in [1.82, 2.24) is 4.98 Å². The second kappa shape index (κ2) is 6.33. The maximum absolute atomic E-state index is 12.2. The van der Waals surface area contributed by atoms with Gasteiger partial charge in [-0.1, -0.05) is 19.1 Å². The van der Waals surface area contributed by atoms with Gasteiger partial charge in [-0.05, 0) is 48.7 Å². The van der Waals surface area contributed by atoms with Gasteiger partial charge in [0.25, 0.3) is 0 Å². The minimum atomic E-state index is 0.124. The molecule has 3 heteroatoms. The lowest BCUT2D eigenvalue weighted by Gasteiger charge is -2.23. The van der Waals surface area contributed by atoms with Crippen molar-refractivity contribution in [2.24, 2.45) is 0 Å². The maximum atomic E-state index is 12.2. The Morgan fingerprint density at radius 1 is 1.20 bits per heavy atom. The summed E-state index contributed by atoms with van der Waals surface area (Å²) in [4.78, 5) is 18.2. The number of aryl methyl sites for hydroxylation is 2. The molecule has 0 unspecified atom stereocenters. The summed E-state index contributed by atoms with van der Waals surface area (Å²) in [6.07, 6.45) is 4.04. The van der Waals surface area contributed by atoms with E-state index >= 15 is 0 Å². The second-order valence-corrected chi connectivity index (χ2v) is 5.04. The van der Waals surface area contributed by atoms with E-state index in [2.05, 4.69) is 37.0 Å². The first kappa shape index (κ1) is 14.3. The Hall–Kier alpha value is -2.16. The summed E-state index contributed by atoms with van der Waals surface area (Å²) in [6.45, 7) is 6.55. The molecule has 0 aliphatic heterocycles. The molecule has 1 amide bonds. The van der Waals surface area contributed by atoms with Gasteiger partial charge in [0.2, 0.25) is 5.91 Å². The van der Waals surface area contributed by atoms with Crippen LogP contribution < -0.4 is 4.90 Å². The van der Waals surface area contributed by atoms with E-state index in [9.17, 15) is 4.79 Å². The smallest absolute Gasteiger partial charge is 0.227 e. The molecule has 104 valence electrons. The van der Waals surface area contributed by atoms with Gasteiger partial charge in [0, 0.05) is 24.5 Å². The topological polar surface area (TPSA) is 33.2 Å². The van der Waals surface area contributed by atoms with Gasteiger partial charge >= 0.3 is 0 Å². The highest BCUT2D eigenvalue weighted by Crippen LogP contribution is 2.21. The number of nitrogens with zero attached hydrogens (tertiary/aromatic N) is 2. The summed E-state index contributed by atoms with van der Waals surface area (Å²) < 4.78 is 0. The lowest BCUT2D eigenvalue weighted by Crippen LogP contribution is -2.29. The molecule has 0 spiro atoms. The molecule has 0 saturated heterocycles. The Bertz CT molecular complexity index is 573. The Labute approximate surface area is 120 Å². The number of anilines is 1. The van der Waals surface area contributed by atoms with Gasteiger partial charge in [0.15, 0.2) is 0 Å². The van der Waals surface area contributed by atoms with Crippen LogP contribution in [0.25, 0.3) is 0 Å². The average molecular weight is 268 g/mol. The normalized spacial score (nSPS) is 10.3. The van der Waals surface area contributed by atoms with Crippen molar-refractivity contribution in [2.45, 2.75) is 33.7 Å². The van der Waals surface area contributed by atoms with Crippen molar-refractivity contribution in [3.8, 4) is 0 Å². The van der Waals surface area contributed by atoms with E-state index in [-0.39, 0.29) is 5.91 Å². The second-order valence-electron chi connectivity index (χ2n) is 5.04. The largest absolute Gasteiger partial charge is 0.308 e. The maximum Gasteiger partial charge on any atom is 0.227 e. The van der Waals surface area contributed by atoms with Gasteiger partial charge in [0.1, 0.15) is 0 Å². The molecule has 0 aliphatic rings. The van der Waals surface area contributed by atoms with Crippen LogP contribution in [0.3, 0.4) is 0 Å². The molecule has 0 fully saturated rings. The lowest BCUT2D eigenvalue weighted by molar-refractivity contribution is -0.118. The molecule has 0 saturated carbocycles. The fraction of sp³-hybridized carbons (Fsp3) is 0.294. The summed E-state index contributed by atoms with van der Waals surface area (Å²) in [7, 11) is 0. The molecule has 0 radical (unpaired) electrons. The third kappa shape index (κ3) is 3.44. The minimum absolute atomic E-state index is 0.124. The third-order valence-electron chi connectivity index (χ3n) is 3.19. The van der Waals surface area contributed by atoms with E-state index in [4.69, 9.17) is 0 Å². The minimum Gasteiger partial charge on any atom is -0.308 e. The van der Waals surface area contributed by atoms with Crippen molar-refractivity contribution < 1.29 is 4.79 Å². The van der Waals surface area contributed by atoms with Crippen LogP contribution in [-0.2, 0) is 11.3 Å². The number of hydrogen-bond donors (Lipinski definition) is 0. The first-order chi connectivity index (χ1) is 9.60. The molecular formula is C17H20N2O. The highest BCUT2D eigenvalue weighted by atomic mass is 16.2. The fourth-order valence-corrected chi connectivity index (χ4v) is 2.30. The summed E-state index contributed by atoms with van der Waals surface area (Å²) in [5.74, 6) is 0.124. The summed E-state index contributed by atoms with van der Waals surface area (Å²) in [5, 5.41) is 0. The number of amides is 1. The first-order valence-electron chi connectivity index (χ1n) is 6.87. The zero-order valence-electron chi connectivity index (χ0n) is 12.3. The van der Waals surface area contributed by atoms with Crippen molar-refractivity contribution in [2.75, 3.05) is 4.90 Å². The molecule has 0 bridgehead atoms. The van der Waals surface area contributed by atoms with E-state index in [1.165, 1.54) is 11.1 Å². The zero-order valence-corrected chi connectivity index (χ0v) is 12.3. The molecule has 0 atom stereocenters. The van der Waals surface area contributed by atoms with E-state index in [1.807, 2.05) is 24.0 Å². The van der Waals surface area contributed by atoms with Crippen LogP contribution in [0.2, 0.25) is 0 Å². The number of pyridine rings is 1. The van der Waals surface area contributed by atoms with Crippen LogP contribution in [-0.4, -0.2) is 10.9 Å². The van der Waals surface area contributed by atoms with Gasteiger partial charge in [0.05, 0.1) is 6.54 Å². The van der Waals surface area contributed by atoms with E-state index in [0.717, 1.165) is 11.3 Å². The predicted octanol–water partition coefficient (Wildman–Crippen LogP) is 3.64. The Morgan fingerprint density at radius 3 is 2.45 bits per heavy atom. The zero-order chi connectivity index (χ0) is 14.5. The van der Waals surface area contributed by atoms with Crippen molar-refractivity contribution in [3.05, 3.63) is 59.4 Å². The highest BCUT2D eigenvalue weighted by molar-refractivity contribution is 5.93. The summed E-state index contributed by atoms with van der Waals surface area (Å²) >= 11 is 0.